The fourth-order valence-electron chi connectivity index (χ4n) is 12.5. The molecule has 4 aromatic heterocycles. The second-order valence-electron chi connectivity index (χ2n) is 21.6. The van der Waals surface area contributed by atoms with Gasteiger partial charge in [-0.1, -0.05) is 255 Å². The van der Waals surface area contributed by atoms with Gasteiger partial charge in [-0.25, -0.2) is 9.97 Å². The fraction of sp³-hybridized carbons (Fsp3) is 0.0127. The van der Waals surface area contributed by atoms with Gasteiger partial charge in [-0.3, -0.25) is 8.96 Å². The molecule has 0 amide bonds. The zero-order chi connectivity index (χ0) is 60.5. The second kappa shape index (κ2) is 24.9. The van der Waals surface area contributed by atoms with Crippen molar-refractivity contribution in [1.29, 1.82) is 0 Å². The van der Waals surface area contributed by atoms with E-state index in [1.807, 2.05) is 121 Å². The molecule has 14 aromatic carbocycles. The van der Waals surface area contributed by atoms with Crippen LogP contribution in [0.25, 0.3) is 160 Å². The van der Waals surface area contributed by atoms with E-state index in [1.165, 1.54) is 97.2 Å². The van der Waals surface area contributed by atoms with Crippen LogP contribution in [0, 0.1) is 0 Å². The van der Waals surface area contributed by atoms with Gasteiger partial charge in [0.25, 0.3) is 0 Å². The van der Waals surface area contributed by atoms with Crippen LogP contribution < -0.4 is 29.6 Å². The van der Waals surface area contributed by atoms with Crippen LogP contribution in [-0.2, 0) is 0 Å². The van der Waals surface area contributed by atoms with Gasteiger partial charge < -0.3 is 6.41 Å². The maximum Gasteiger partial charge on any atom is 1.00 e. The molecule has 0 spiro atoms. The molecule has 0 saturated heterocycles. The molecule has 90 heavy (non-hydrogen) atoms. The summed E-state index contributed by atoms with van der Waals surface area (Å²) in [6.07, 6.45) is 0. The molecule has 0 aliphatic heterocycles. The first kappa shape index (κ1) is 56.0. The van der Waals surface area contributed by atoms with Crippen molar-refractivity contribution in [2.75, 3.05) is 7.15 Å². The number of rotatable bonds is 5. The van der Waals surface area contributed by atoms with E-state index < -0.39 is 7.15 Å². The normalized spacial score (nSPS) is 11.3. The number of fused-ring (bicyclic) bond motifs is 18. The standard InChI is InChI=1S/C39H24N4.C24H15N.C15H10ClN3.CH3F.Na.H/c1-3-13-25(14-4-1)37-40-38(26-15-5-2-6-16-26)42-39(41-37)43-35-22-12-11-21-31(35)34-23-32-29-19-9-7-17-27(29)28-18-8-10-20-30(28)33(32)24-36(34)43;1-3-9-17-15(7-1)16-8-2-4-10-18(16)21-14-24-22(13-20(17)21)19-11-5-6-12-23(19)25-24;16-15-18-13(11-7-3-1-4-8-11)17-14(19-15)12-9-5-2-6-10-12;1-2;;/h1-24H;1-14,25H;1-10H;1H3;;/q;;;;+1;-1/i;;;1D;;. The Bertz CT molecular complexity index is 5590. The van der Waals surface area contributed by atoms with Crippen LogP contribution in [0.5, 0.6) is 0 Å². The van der Waals surface area contributed by atoms with Gasteiger partial charge in [-0.2, -0.15) is 19.9 Å². The summed E-state index contributed by atoms with van der Waals surface area (Å²) >= 11 is 5.99. The van der Waals surface area contributed by atoms with Crippen LogP contribution in [-0.4, -0.2) is 46.6 Å². The first-order valence-corrected chi connectivity index (χ1v) is 29.6. The Morgan fingerprint density at radius 1 is 0.311 bits per heavy atom. The maximum atomic E-state index is 9.96. The predicted molar refractivity (Wildman–Crippen MR) is 370 cm³/mol. The van der Waals surface area contributed by atoms with E-state index in [4.69, 9.17) is 27.9 Å². The zero-order valence-corrected chi connectivity index (χ0v) is 51.6. The van der Waals surface area contributed by atoms with Gasteiger partial charge in [0.1, 0.15) is 0 Å². The molecule has 0 aliphatic rings. The van der Waals surface area contributed by atoms with Gasteiger partial charge in [0.15, 0.2) is 23.3 Å². The summed E-state index contributed by atoms with van der Waals surface area (Å²) in [5.41, 5.74) is 8.27. The average Bonchev–Trinajstić information content (AvgIpc) is 1.38. The topological polar surface area (TPSA) is 98.1 Å². The van der Waals surface area contributed by atoms with Crippen molar-refractivity contribution < 1.29 is 36.7 Å². The van der Waals surface area contributed by atoms with E-state index in [-0.39, 0.29) is 36.3 Å². The third kappa shape index (κ3) is 10.5. The molecule has 0 fully saturated rings. The molecule has 4 heterocycles. The van der Waals surface area contributed by atoms with Gasteiger partial charge in [-0.15, -0.1) is 0 Å². The van der Waals surface area contributed by atoms with Crippen LogP contribution in [0.4, 0.5) is 4.39 Å². The third-order valence-electron chi connectivity index (χ3n) is 16.5. The Morgan fingerprint density at radius 2 is 0.622 bits per heavy atom. The number of H-pyrrole nitrogens is 1. The van der Waals surface area contributed by atoms with Crippen molar-refractivity contribution in [1.82, 2.24) is 39.5 Å². The van der Waals surface area contributed by atoms with E-state index in [9.17, 15) is 4.39 Å². The van der Waals surface area contributed by atoms with Crippen LogP contribution in [0.1, 0.15) is 2.80 Å². The van der Waals surface area contributed by atoms with Crippen LogP contribution in [0.2, 0.25) is 5.28 Å². The number of aromatic amines is 1. The van der Waals surface area contributed by atoms with Crippen molar-refractivity contribution in [3.05, 3.63) is 296 Å². The maximum absolute atomic E-state index is 9.96. The van der Waals surface area contributed by atoms with E-state index in [0.29, 0.717) is 29.2 Å². The van der Waals surface area contributed by atoms with Gasteiger partial charge in [0, 0.05) is 54.8 Å². The first-order chi connectivity index (χ1) is 44.5. The van der Waals surface area contributed by atoms with E-state index in [0.717, 1.165) is 33.3 Å². The molecule has 18 rings (SSSR count). The SMILES string of the molecule is Clc1nc(-c2ccccc2)nc(-c2ccccc2)n1.[2H]CF.[H-].[Na+].c1ccc(-c2nc(-c3ccccc3)nc(-n3c4ccccc4c4cc5c6ccccc6c6ccccc6c5cc43)n2)cc1.c1ccc2c(c1)[nH]c1cc3c4ccccc4c4ccccc4c3cc12. The third-order valence-corrected chi connectivity index (χ3v) is 16.6. The molecule has 8 nitrogen and oxygen atoms in total. The number of nitrogens with zero attached hydrogens (tertiary/aromatic N) is 7. The van der Waals surface area contributed by atoms with Crippen LogP contribution in [0.3, 0.4) is 0 Å². The molecule has 11 heteroatoms. The van der Waals surface area contributed by atoms with Crippen molar-refractivity contribution >= 4 is 120 Å². The number of nitrogens with one attached hydrogen (secondary N) is 1. The van der Waals surface area contributed by atoms with Crippen LogP contribution >= 0.6 is 11.6 Å². The summed E-state index contributed by atoms with van der Waals surface area (Å²) in [4.78, 5) is 31.5. The Kier molecular flexibility index (Phi) is 15.5. The summed E-state index contributed by atoms with van der Waals surface area (Å²) in [6, 6.07) is 101. The molecular weight excluding hydrogens is 1140 g/mol. The summed E-state index contributed by atoms with van der Waals surface area (Å²) < 4.78 is 17.7. The number of aromatic nitrogens is 8. The van der Waals surface area contributed by atoms with Gasteiger partial charge in [0.2, 0.25) is 11.2 Å². The minimum atomic E-state index is -1.00. The van der Waals surface area contributed by atoms with Crippen LogP contribution in [0.15, 0.2) is 291 Å². The number of benzene rings is 14. The number of hydrogen-bond donors (Lipinski definition) is 1. The number of para-hydroxylation sites is 2. The second-order valence-corrected chi connectivity index (χ2v) is 21.9. The summed E-state index contributed by atoms with van der Waals surface area (Å²) in [5, 5.41) is 20.5. The van der Waals surface area contributed by atoms with Gasteiger partial charge in [0.05, 0.1) is 19.6 Å². The molecular formula is C79H53ClFN8Na. The van der Waals surface area contributed by atoms with Gasteiger partial charge >= 0.3 is 29.6 Å². The molecule has 1 N–H and O–H groups in total. The molecule has 18 aromatic rings. The quantitative estimate of drug-likeness (QED) is 0.136. The first-order valence-electron chi connectivity index (χ1n) is 29.9. The monoisotopic (exact) mass is 1190 g/mol. The predicted octanol–water partition coefficient (Wildman–Crippen LogP) is 18.1. The molecule has 0 unspecified atom stereocenters. The summed E-state index contributed by atoms with van der Waals surface area (Å²) in [6.45, 7) is 0. The van der Waals surface area contributed by atoms with E-state index >= 15 is 0 Å². The fourth-order valence-corrected chi connectivity index (χ4v) is 12.7. The summed E-state index contributed by atoms with van der Waals surface area (Å²) in [5.74, 6) is 3.06. The van der Waals surface area contributed by atoms with Crippen molar-refractivity contribution in [2.24, 2.45) is 0 Å². The zero-order valence-electron chi connectivity index (χ0n) is 50.8. The smallest absolute Gasteiger partial charge is 1.00 e. The van der Waals surface area contributed by atoms with Crippen molar-refractivity contribution in [3.63, 3.8) is 0 Å². The molecule has 0 saturated carbocycles. The Labute approximate surface area is 547 Å². The number of hydrogen-bond acceptors (Lipinski definition) is 6. The number of halogens is 2. The van der Waals surface area contributed by atoms with Gasteiger partial charge in [-0.05, 0) is 113 Å². The minimum absolute atomic E-state index is 0. The molecule has 0 aliphatic carbocycles. The molecule has 0 atom stereocenters. The Hall–Kier alpha value is -10.5. The van der Waals surface area contributed by atoms with Crippen molar-refractivity contribution in [2.45, 2.75) is 0 Å². The van der Waals surface area contributed by atoms with E-state index in [1.54, 1.807) is 0 Å². The summed E-state index contributed by atoms with van der Waals surface area (Å²) in [7, 11) is -1.00. The minimum Gasteiger partial charge on any atom is -1.00 e. The molecule has 0 radical (unpaired) electrons. The molecule has 424 valence electrons. The Morgan fingerprint density at radius 3 is 1.04 bits per heavy atom. The van der Waals surface area contributed by atoms with Crippen molar-refractivity contribution in [3.8, 4) is 51.5 Å². The largest absolute Gasteiger partial charge is 1.00 e. The average molecular weight is 1190 g/mol. The molecule has 0 bridgehead atoms. The Balaban J connectivity index is 0.000000134. The number of alkyl halides is 1. The van der Waals surface area contributed by atoms with E-state index in [2.05, 4.69) is 194 Å².